The van der Waals surface area contributed by atoms with Crippen LogP contribution in [0.4, 0.5) is 5.69 Å². The summed E-state index contributed by atoms with van der Waals surface area (Å²) in [4.78, 5) is 15.1. The van der Waals surface area contributed by atoms with E-state index in [4.69, 9.17) is 14.2 Å². The third kappa shape index (κ3) is 4.33. The number of nitrogens with zero attached hydrogens (tertiary/aromatic N) is 1. The fourth-order valence-corrected chi connectivity index (χ4v) is 3.75. The minimum Gasteiger partial charge on any atom is -0.484 e. The van der Waals surface area contributed by atoms with Crippen molar-refractivity contribution in [2.75, 3.05) is 31.8 Å². The molecule has 1 saturated carbocycles. The normalized spacial score (nSPS) is 25.2. The van der Waals surface area contributed by atoms with Gasteiger partial charge in [0.2, 0.25) is 5.91 Å². The number of methoxy groups -OCH3 is 1. The average Bonchev–Trinajstić information content (AvgIpc) is 2.60. The zero-order valence-electron chi connectivity index (χ0n) is 15.5. The largest absolute Gasteiger partial charge is 0.484 e. The molecule has 1 aromatic rings. The van der Waals surface area contributed by atoms with Crippen LogP contribution >= 0.6 is 0 Å². The van der Waals surface area contributed by atoms with Gasteiger partial charge in [-0.3, -0.25) is 4.79 Å². The van der Waals surface area contributed by atoms with E-state index in [0.717, 1.165) is 37.1 Å². The summed E-state index contributed by atoms with van der Waals surface area (Å²) in [6.45, 7) is 5.91. The van der Waals surface area contributed by atoms with Crippen LogP contribution in [0, 0.1) is 5.92 Å². The minimum atomic E-state index is -0.371. The van der Waals surface area contributed by atoms with Gasteiger partial charge in [0.25, 0.3) is 0 Å². The molecule has 1 aliphatic carbocycles. The molecule has 1 fully saturated rings. The Balaban J connectivity index is 1.64. The predicted octanol–water partition coefficient (Wildman–Crippen LogP) is 3.41. The first-order chi connectivity index (χ1) is 12.0. The molecule has 1 aromatic carbocycles. The molecule has 1 heterocycles. The van der Waals surface area contributed by atoms with Crippen LogP contribution in [-0.2, 0) is 14.3 Å². The van der Waals surface area contributed by atoms with Crippen LogP contribution in [0.15, 0.2) is 24.3 Å². The Morgan fingerprint density at radius 3 is 2.64 bits per heavy atom. The number of para-hydroxylation sites is 2. The molecule has 1 aliphatic heterocycles. The molecule has 0 saturated heterocycles. The maximum Gasteiger partial charge on any atom is 0.230 e. The smallest absolute Gasteiger partial charge is 0.230 e. The molecule has 0 spiro atoms. The molecule has 5 nitrogen and oxygen atoms in total. The third-order valence-corrected chi connectivity index (χ3v) is 5.01. The Labute approximate surface area is 150 Å². The number of carbonyl (C=O) groups excluding carboxylic acids is 1. The summed E-state index contributed by atoms with van der Waals surface area (Å²) in [5.41, 5.74) is 0.523. The summed E-state index contributed by atoms with van der Waals surface area (Å²) < 4.78 is 16.9. The second-order valence-corrected chi connectivity index (χ2v) is 7.59. The van der Waals surface area contributed by atoms with Crippen LogP contribution in [0.1, 0.15) is 39.5 Å². The van der Waals surface area contributed by atoms with Gasteiger partial charge < -0.3 is 19.1 Å². The summed E-state index contributed by atoms with van der Waals surface area (Å²) in [5, 5.41) is 0. The van der Waals surface area contributed by atoms with Crippen molar-refractivity contribution in [3.8, 4) is 5.75 Å². The maximum atomic E-state index is 13.2. The van der Waals surface area contributed by atoms with Crippen molar-refractivity contribution < 1.29 is 19.0 Å². The quantitative estimate of drug-likeness (QED) is 0.766. The van der Waals surface area contributed by atoms with E-state index in [1.54, 1.807) is 7.11 Å². The van der Waals surface area contributed by atoms with Crippen molar-refractivity contribution in [3.05, 3.63) is 24.3 Å². The van der Waals surface area contributed by atoms with Crippen molar-refractivity contribution >= 4 is 11.6 Å². The summed E-state index contributed by atoms with van der Waals surface area (Å²) in [6.07, 6.45) is 3.91. The lowest BCUT2D eigenvalue weighted by molar-refractivity contribution is -0.125. The molecule has 3 rings (SSSR count). The highest BCUT2D eigenvalue weighted by atomic mass is 16.5. The van der Waals surface area contributed by atoms with Gasteiger partial charge in [-0.2, -0.15) is 0 Å². The number of fused-ring (bicyclic) bond motifs is 1. The van der Waals surface area contributed by atoms with E-state index < -0.39 is 0 Å². The summed E-state index contributed by atoms with van der Waals surface area (Å²) in [6, 6.07) is 7.83. The summed E-state index contributed by atoms with van der Waals surface area (Å²) in [7, 11) is 1.68. The molecule has 0 radical (unpaired) electrons. The lowest BCUT2D eigenvalue weighted by Crippen LogP contribution is -2.51. The number of anilines is 1. The number of ether oxygens (including phenoxy) is 3. The Hall–Kier alpha value is -1.59. The molecule has 0 aromatic heterocycles. The predicted molar refractivity (Wildman–Crippen MR) is 97.1 cm³/mol. The number of benzene rings is 1. The molecule has 0 N–H and O–H groups in total. The Bertz CT molecular complexity index is 593. The maximum absolute atomic E-state index is 13.2. The first-order valence-electron chi connectivity index (χ1n) is 9.20. The molecule has 25 heavy (non-hydrogen) atoms. The van der Waals surface area contributed by atoms with Gasteiger partial charge in [0.15, 0.2) is 0 Å². The van der Waals surface area contributed by atoms with Crippen LogP contribution < -0.4 is 9.64 Å². The Morgan fingerprint density at radius 2 is 1.92 bits per heavy atom. The van der Waals surface area contributed by atoms with Crippen molar-refractivity contribution in [3.63, 3.8) is 0 Å². The Kier molecular flexibility index (Phi) is 5.64. The van der Waals surface area contributed by atoms with Crippen LogP contribution in [0.3, 0.4) is 0 Å². The minimum absolute atomic E-state index is 0.0734. The van der Waals surface area contributed by atoms with Crippen molar-refractivity contribution in [2.24, 2.45) is 5.92 Å². The standard InChI is InChI=1S/C20H29NO4/c1-20(2)14-21(17-6-4-5-7-18(17)25-20)19(22)15-8-10-16(11-9-15)24-13-12-23-3/h4-7,15-16H,8-14H2,1-3H3. The average molecular weight is 347 g/mol. The fourth-order valence-electron chi connectivity index (χ4n) is 3.75. The number of carbonyl (C=O) groups is 1. The molecular weight excluding hydrogens is 318 g/mol. The molecule has 138 valence electrons. The van der Waals surface area contributed by atoms with E-state index in [2.05, 4.69) is 0 Å². The lowest BCUT2D eigenvalue weighted by atomic mass is 9.86. The first-order valence-corrected chi connectivity index (χ1v) is 9.20. The number of amides is 1. The number of rotatable bonds is 5. The van der Waals surface area contributed by atoms with Gasteiger partial charge >= 0.3 is 0 Å². The molecule has 2 aliphatic rings. The molecule has 0 bridgehead atoms. The van der Waals surface area contributed by atoms with Gasteiger partial charge in [0.1, 0.15) is 11.4 Å². The van der Waals surface area contributed by atoms with E-state index >= 15 is 0 Å². The SMILES string of the molecule is COCCOC1CCC(C(=O)N2CC(C)(C)Oc3ccccc32)CC1. The first kappa shape index (κ1) is 18.2. The monoisotopic (exact) mass is 347 g/mol. The van der Waals surface area contributed by atoms with Gasteiger partial charge in [-0.05, 0) is 51.7 Å². The van der Waals surface area contributed by atoms with E-state index in [9.17, 15) is 4.79 Å². The van der Waals surface area contributed by atoms with Gasteiger partial charge in [-0.1, -0.05) is 12.1 Å². The summed E-state index contributed by atoms with van der Waals surface area (Å²) in [5.74, 6) is 1.09. The summed E-state index contributed by atoms with van der Waals surface area (Å²) >= 11 is 0. The second kappa shape index (κ2) is 7.75. The van der Waals surface area contributed by atoms with E-state index in [-0.39, 0.29) is 23.5 Å². The molecule has 5 heteroatoms. The fraction of sp³-hybridized carbons (Fsp3) is 0.650. The van der Waals surface area contributed by atoms with Crippen LogP contribution in [0.2, 0.25) is 0 Å². The number of hydrogen-bond donors (Lipinski definition) is 0. The molecule has 0 atom stereocenters. The van der Waals surface area contributed by atoms with Gasteiger partial charge in [-0.25, -0.2) is 0 Å². The highest BCUT2D eigenvalue weighted by Crippen LogP contribution is 2.39. The Morgan fingerprint density at radius 1 is 1.20 bits per heavy atom. The van der Waals surface area contributed by atoms with Crippen LogP contribution in [-0.4, -0.2) is 44.5 Å². The lowest BCUT2D eigenvalue weighted by Gasteiger charge is -2.41. The van der Waals surface area contributed by atoms with Gasteiger partial charge in [-0.15, -0.1) is 0 Å². The highest BCUT2D eigenvalue weighted by molar-refractivity contribution is 5.97. The van der Waals surface area contributed by atoms with E-state index in [1.807, 2.05) is 43.0 Å². The second-order valence-electron chi connectivity index (χ2n) is 7.59. The molecule has 1 amide bonds. The van der Waals surface area contributed by atoms with Crippen molar-refractivity contribution in [1.82, 2.24) is 0 Å². The topological polar surface area (TPSA) is 48.0 Å². The van der Waals surface area contributed by atoms with Crippen LogP contribution in [0.5, 0.6) is 5.75 Å². The van der Waals surface area contributed by atoms with Crippen molar-refractivity contribution in [2.45, 2.75) is 51.2 Å². The van der Waals surface area contributed by atoms with Gasteiger partial charge in [0, 0.05) is 13.0 Å². The van der Waals surface area contributed by atoms with Gasteiger partial charge in [0.05, 0.1) is 31.5 Å². The van der Waals surface area contributed by atoms with E-state index in [0.29, 0.717) is 19.8 Å². The van der Waals surface area contributed by atoms with Crippen LogP contribution in [0.25, 0.3) is 0 Å². The number of hydrogen-bond acceptors (Lipinski definition) is 4. The third-order valence-electron chi connectivity index (χ3n) is 5.01. The molecular formula is C20H29NO4. The molecule has 0 unspecified atom stereocenters. The zero-order valence-corrected chi connectivity index (χ0v) is 15.5. The van der Waals surface area contributed by atoms with Crippen molar-refractivity contribution in [1.29, 1.82) is 0 Å². The van der Waals surface area contributed by atoms with E-state index in [1.165, 1.54) is 0 Å². The highest BCUT2D eigenvalue weighted by Gasteiger charge is 2.38. The zero-order chi connectivity index (χ0) is 17.9.